The molecule has 0 aliphatic heterocycles. The standard InChI is InChI=1S/C21H25ClN2O5S2/c1-14-5-7-17(11-15(14)2)30-10-9-21(26)29-13-20(25)23-16-6-8-18(22)19(12-16)31(27,28)24(3)4/h5-8,11-12H,9-10,13H2,1-4H3,(H,23,25). The lowest BCUT2D eigenvalue weighted by Gasteiger charge is -2.14. The van der Waals surface area contributed by atoms with Crippen molar-refractivity contribution in [2.45, 2.75) is 30.1 Å². The maximum Gasteiger partial charge on any atom is 0.307 e. The summed E-state index contributed by atoms with van der Waals surface area (Å²) in [5.41, 5.74) is 2.63. The molecule has 0 aliphatic rings. The van der Waals surface area contributed by atoms with Gasteiger partial charge in [-0.1, -0.05) is 17.7 Å². The van der Waals surface area contributed by atoms with Crippen LogP contribution in [0.5, 0.6) is 0 Å². The Morgan fingerprint density at radius 2 is 1.81 bits per heavy atom. The van der Waals surface area contributed by atoms with Crippen LogP contribution in [0.15, 0.2) is 46.2 Å². The number of anilines is 1. The molecule has 2 rings (SSSR count). The van der Waals surface area contributed by atoms with E-state index in [4.69, 9.17) is 16.3 Å². The number of ether oxygens (including phenoxy) is 1. The molecule has 7 nitrogen and oxygen atoms in total. The minimum absolute atomic E-state index is 0.0411. The van der Waals surface area contributed by atoms with E-state index in [1.807, 2.05) is 26.0 Å². The van der Waals surface area contributed by atoms with Crippen molar-refractivity contribution in [3.63, 3.8) is 0 Å². The van der Waals surface area contributed by atoms with E-state index in [1.165, 1.54) is 43.4 Å². The van der Waals surface area contributed by atoms with E-state index in [2.05, 4.69) is 11.4 Å². The predicted molar refractivity (Wildman–Crippen MR) is 123 cm³/mol. The molecule has 10 heteroatoms. The van der Waals surface area contributed by atoms with Crippen LogP contribution in [-0.4, -0.2) is 51.1 Å². The number of esters is 1. The SMILES string of the molecule is Cc1ccc(SCCC(=O)OCC(=O)Nc2ccc(Cl)c(S(=O)(=O)N(C)C)c2)cc1C. The van der Waals surface area contributed by atoms with Crippen molar-refractivity contribution >= 4 is 50.9 Å². The van der Waals surface area contributed by atoms with Crippen LogP contribution in [0.2, 0.25) is 5.02 Å². The molecule has 0 fully saturated rings. The number of hydrogen-bond acceptors (Lipinski definition) is 6. The fourth-order valence-corrected chi connectivity index (χ4v) is 4.77. The summed E-state index contributed by atoms with van der Waals surface area (Å²) >= 11 is 7.52. The summed E-state index contributed by atoms with van der Waals surface area (Å²) in [4.78, 5) is 24.9. The van der Waals surface area contributed by atoms with Gasteiger partial charge in [-0.25, -0.2) is 12.7 Å². The molecule has 168 valence electrons. The quantitative estimate of drug-likeness (QED) is 0.429. The lowest BCUT2D eigenvalue weighted by atomic mass is 10.1. The number of amides is 1. The number of benzene rings is 2. The van der Waals surface area contributed by atoms with Crippen LogP contribution in [0.1, 0.15) is 17.5 Å². The first-order valence-electron chi connectivity index (χ1n) is 9.38. The molecule has 2 aromatic rings. The molecule has 0 saturated carbocycles. The second kappa shape index (κ2) is 11.0. The second-order valence-electron chi connectivity index (χ2n) is 6.99. The molecular weight excluding hydrogens is 460 g/mol. The molecule has 0 aliphatic carbocycles. The van der Waals surface area contributed by atoms with Crippen molar-refractivity contribution in [1.82, 2.24) is 4.31 Å². The van der Waals surface area contributed by atoms with Gasteiger partial charge >= 0.3 is 5.97 Å². The van der Waals surface area contributed by atoms with E-state index in [1.54, 1.807) is 11.8 Å². The maximum absolute atomic E-state index is 12.3. The molecule has 0 spiro atoms. The lowest BCUT2D eigenvalue weighted by Crippen LogP contribution is -2.23. The highest BCUT2D eigenvalue weighted by Crippen LogP contribution is 2.27. The fourth-order valence-electron chi connectivity index (χ4n) is 2.45. The zero-order valence-electron chi connectivity index (χ0n) is 17.8. The third-order valence-electron chi connectivity index (χ3n) is 4.39. The molecule has 1 amide bonds. The van der Waals surface area contributed by atoms with E-state index in [0.717, 1.165) is 9.20 Å². The molecule has 31 heavy (non-hydrogen) atoms. The van der Waals surface area contributed by atoms with Gasteiger partial charge in [-0.3, -0.25) is 9.59 Å². The van der Waals surface area contributed by atoms with Gasteiger partial charge in [0.05, 0.1) is 11.4 Å². The zero-order chi connectivity index (χ0) is 23.2. The Kier molecular flexibility index (Phi) is 8.93. The van der Waals surface area contributed by atoms with Crippen LogP contribution in [0.3, 0.4) is 0 Å². The fraction of sp³-hybridized carbons (Fsp3) is 0.333. The molecule has 1 N–H and O–H groups in total. The van der Waals surface area contributed by atoms with E-state index in [0.29, 0.717) is 5.75 Å². The summed E-state index contributed by atoms with van der Waals surface area (Å²) in [5, 5.41) is 2.55. The smallest absolute Gasteiger partial charge is 0.307 e. The number of carbonyl (C=O) groups is 2. The van der Waals surface area contributed by atoms with Crippen molar-refractivity contribution in [3.05, 3.63) is 52.5 Å². The number of aryl methyl sites for hydroxylation is 2. The number of nitrogens with one attached hydrogen (secondary N) is 1. The van der Waals surface area contributed by atoms with Gasteiger partial charge in [0.2, 0.25) is 10.0 Å². The van der Waals surface area contributed by atoms with Gasteiger partial charge in [-0.2, -0.15) is 0 Å². The third-order valence-corrected chi connectivity index (χ3v) is 7.68. The normalized spacial score (nSPS) is 11.4. The molecular formula is C21H25ClN2O5S2. The number of hydrogen-bond donors (Lipinski definition) is 1. The molecule has 0 bridgehead atoms. The van der Waals surface area contributed by atoms with E-state index < -0.39 is 28.5 Å². The Morgan fingerprint density at radius 1 is 1.10 bits per heavy atom. The van der Waals surface area contributed by atoms with Crippen molar-refractivity contribution < 1.29 is 22.7 Å². The van der Waals surface area contributed by atoms with Crippen LogP contribution in [0.25, 0.3) is 0 Å². The molecule has 0 heterocycles. The number of rotatable bonds is 9. The maximum atomic E-state index is 12.3. The Hall–Kier alpha value is -2.07. The Labute approximate surface area is 192 Å². The summed E-state index contributed by atoms with van der Waals surface area (Å²) in [5.74, 6) is -0.532. The van der Waals surface area contributed by atoms with Gasteiger partial charge in [0.25, 0.3) is 5.91 Å². The zero-order valence-corrected chi connectivity index (χ0v) is 20.2. The minimum atomic E-state index is -3.77. The van der Waals surface area contributed by atoms with Gasteiger partial charge in [-0.15, -0.1) is 11.8 Å². The van der Waals surface area contributed by atoms with Crippen LogP contribution in [-0.2, 0) is 24.3 Å². The van der Waals surface area contributed by atoms with Crippen LogP contribution in [0, 0.1) is 13.8 Å². The highest BCUT2D eigenvalue weighted by atomic mass is 35.5. The molecule has 0 saturated heterocycles. The van der Waals surface area contributed by atoms with Crippen molar-refractivity contribution in [3.8, 4) is 0 Å². The number of thioether (sulfide) groups is 1. The third kappa shape index (κ3) is 7.24. The summed E-state index contributed by atoms with van der Waals surface area (Å²) in [6.07, 6.45) is 0.164. The second-order valence-corrected chi connectivity index (χ2v) is 10.7. The summed E-state index contributed by atoms with van der Waals surface area (Å²) in [6, 6.07) is 10.2. The van der Waals surface area contributed by atoms with E-state index >= 15 is 0 Å². The lowest BCUT2D eigenvalue weighted by molar-refractivity contribution is -0.146. The number of sulfonamides is 1. The summed E-state index contributed by atoms with van der Waals surface area (Å²) in [6.45, 7) is 3.61. The minimum Gasteiger partial charge on any atom is -0.456 e. The van der Waals surface area contributed by atoms with Crippen LogP contribution >= 0.6 is 23.4 Å². The monoisotopic (exact) mass is 484 g/mol. The molecule has 2 aromatic carbocycles. The summed E-state index contributed by atoms with van der Waals surface area (Å²) in [7, 11) is -1.00. The Bertz CT molecular complexity index is 1070. The van der Waals surface area contributed by atoms with Crippen molar-refractivity contribution in [2.24, 2.45) is 0 Å². The van der Waals surface area contributed by atoms with Crippen molar-refractivity contribution in [2.75, 3.05) is 31.8 Å². The molecule has 0 radical (unpaired) electrons. The van der Waals surface area contributed by atoms with Gasteiger partial charge < -0.3 is 10.1 Å². The highest BCUT2D eigenvalue weighted by molar-refractivity contribution is 7.99. The largest absolute Gasteiger partial charge is 0.456 e. The Morgan fingerprint density at radius 3 is 2.45 bits per heavy atom. The average Bonchev–Trinajstić information content (AvgIpc) is 2.70. The number of halogens is 1. The van der Waals surface area contributed by atoms with Gasteiger partial charge in [0.1, 0.15) is 4.90 Å². The predicted octanol–water partition coefficient (Wildman–Crippen LogP) is 3.87. The van der Waals surface area contributed by atoms with E-state index in [9.17, 15) is 18.0 Å². The molecule has 0 atom stereocenters. The first kappa shape index (κ1) is 25.2. The van der Waals surface area contributed by atoms with Gasteiger partial charge in [0.15, 0.2) is 6.61 Å². The first-order chi connectivity index (χ1) is 14.5. The van der Waals surface area contributed by atoms with Crippen LogP contribution < -0.4 is 5.32 Å². The number of carbonyl (C=O) groups excluding carboxylic acids is 2. The first-order valence-corrected chi connectivity index (χ1v) is 12.2. The van der Waals surface area contributed by atoms with E-state index in [-0.39, 0.29) is 22.0 Å². The summed E-state index contributed by atoms with van der Waals surface area (Å²) < 4.78 is 30.6. The Balaban J connectivity index is 1.83. The highest BCUT2D eigenvalue weighted by Gasteiger charge is 2.21. The van der Waals surface area contributed by atoms with Crippen molar-refractivity contribution in [1.29, 1.82) is 0 Å². The molecule has 0 unspecified atom stereocenters. The number of nitrogens with zero attached hydrogens (tertiary/aromatic N) is 1. The van der Waals surface area contributed by atoms with Crippen LogP contribution in [0.4, 0.5) is 5.69 Å². The molecule has 0 aromatic heterocycles. The average molecular weight is 485 g/mol. The van der Waals surface area contributed by atoms with Gasteiger partial charge in [0, 0.05) is 30.4 Å². The topological polar surface area (TPSA) is 92.8 Å². The van der Waals surface area contributed by atoms with Gasteiger partial charge in [-0.05, 0) is 55.3 Å².